The molecule has 0 saturated carbocycles. The number of pyridine rings is 1. The third kappa shape index (κ3) is 3.54. The number of nitrogens with zero attached hydrogens (tertiary/aromatic N) is 2. The summed E-state index contributed by atoms with van der Waals surface area (Å²) >= 11 is 11.5. The molecule has 1 aromatic rings. The Hall–Kier alpha value is -0.880. The second kappa shape index (κ2) is 5.64. The zero-order valence-corrected chi connectivity index (χ0v) is 10.5. The second-order valence-electron chi connectivity index (χ2n) is 3.54. The van der Waals surface area contributed by atoms with Crippen LogP contribution in [0.15, 0.2) is 12.1 Å². The first kappa shape index (κ1) is 12.6. The second-order valence-corrected chi connectivity index (χ2v) is 4.32. The highest BCUT2D eigenvalue weighted by Gasteiger charge is 2.15. The molecule has 0 spiro atoms. The largest absolute Gasteiger partial charge is 0.379 e. The third-order valence-electron chi connectivity index (χ3n) is 2.30. The Morgan fingerprint density at radius 3 is 2.47 bits per heavy atom. The Bertz CT molecular complexity index is 402. The minimum absolute atomic E-state index is 0.199. The summed E-state index contributed by atoms with van der Waals surface area (Å²) in [5, 5.41) is 2.20. The van der Waals surface area contributed by atoms with Gasteiger partial charge in [-0.3, -0.25) is 10.2 Å². The predicted molar refractivity (Wildman–Crippen MR) is 64.1 cm³/mol. The fraction of sp³-hybridized carbons (Fsp3) is 0.400. The predicted octanol–water partition coefficient (Wildman–Crippen LogP) is 1.37. The first-order valence-corrected chi connectivity index (χ1v) is 5.87. The Morgan fingerprint density at radius 2 is 1.88 bits per heavy atom. The van der Waals surface area contributed by atoms with E-state index >= 15 is 0 Å². The molecule has 2 heterocycles. The molecule has 0 radical (unpaired) electrons. The van der Waals surface area contributed by atoms with Crippen LogP contribution >= 0.6 is 23.2 Å². The fourth-order valence-electron chi connectivity index (χ4n) is 1.48. The van der Waals surface area contributed by atoms with Gasteiger partial charge in [-0.2, -0.15) is 0 Å². The van der Waals surface area contributed by atoms with Gasteiger partial charge in [0.1, 0.15) is 10.3 Å². The zero-order chi connectivity index (χ0) is 12.3. The molecule has 0 atom stereocenters. The van der Waals surface area contributed by atoms with Crippen molar-refractivity contribution in [2.75, 3.05) is 26.3 Å². The summed E-state index contributed by atoms with van der Waals surface area (Å²) < 4.78 is 5.18. The Morgan fingerprint density at radius 1 is 1.29 bits per heavy atom. The number of hydrogen-bond donors (Lipinski definition) is 1. The number of halogens is 2. The van der Waals surface area contributed by atoms with Crippen molar-refractivity contribution in [3.8, 4) is 0 Å². The number of hydrazine groups is 1. The molecule has 92 valence electrons. The van der Waals surface area contributed by atoms with Gasteiger partial charge in [-0.25, -0.2) is 9.99 Å². The van der Waals surface area contributed by atoms with Gasteiger partial charge >= 0.3 is 0 Å². The van der Waals surface area contributed by atoms with Crippen molar-refractivity contribution in [1.29, 1.82) is 0 Å². The number of carbonyl (C=O) groups excluding carboxylic acids is 1. The number of amides is 1. The lowest BCUT2D eigenvalue weighted by Gasteiger charge is -2.26. The number of nitrogens with one attached hydrogen (secondary N) is 1. The van der Waals surface area contributed by atoms with E-state index in [2.05, 4.69) is 10.4 Å². The minimum Gasteiger partial charge on any atom is -0.379 e. The van der Waals surface area contributed by atoms with Crippen LogP contribution in [0.5, 0.6) is 0 Å². The fourth-order valence-corrected chi connectivity index (χ4v) is 1.94. The van der Waals surface area contributed by atoms with Crippen LogP contribution in [0.3, 0.4) is 0 Å². The van der Waals surface area contributed by atoms with Crippen LogP contribution in [0.4, 0.5) is 0 Å². The maximum absolute atomic E-state index is 11.9. The molecule has 1 N–H and O–H groups in total. The lowest BCUT2D eigenvalue weighted by Crippen LogP contribution is -2.48. The molecular formula is C10H11Cl2N3O2. The monoisotopic (exact) mass is 275 g/mol. The van der Waals surface area contributed by atoms with Crippen LogP contribution < -0.4 is 5.43 Å². The van der Waals surface area contributed by atoms with Crippen LogP contribution in [0.25, 0.3) is 0 Å². The van der Waals surface area contributed by atoms with E-state index in [1.807, 2.05) is 0 Å². The van der Waals surface area contributed by atoms with Gasteiger partial charge in [0.15, 0.2) is 0 Å². The molecule has 0 aromatic carbocycles. The van der Waals surface area contributed by atoms with Crippen LogP contribution in [0, 0.1) is 0 Å². The molecule has 0 unspecified atom stereocenters. The maximum atomic E-state index is 11.9. The Labute approximate surface area is 109 Å². The van der Waals surface area contributed by atoms with Gasteiger partial charge < -0.3 is 4.74 Å². The smallest absolute Gasteiger partial charge is 0.265 e. The van der Waals surface area contributed by atoms with E-state index in [1.54, 1.807) is 5.01 Å². The van der Waals surface area contributed by atoms with Crippen molar-refractivity contribution < 1.29 is 9.53 Å². The summed E-state index contributed by atoms with van der Waals surface area (Å²) in [6.07, 6.45) is 0. The minimum atomic E-state index is -0.252. The van der Waals surface area contributed by atoms with E-state index in [0.29, 0.717) is 31.9 Å². The van der Waals surface area contributed by atoms with Crippen molar-refractivity contribution in [3.63, 3.8) is 0 Å². The highest BCUT2D eigenvalue weighted by atomic mass is 35.5. The van der Waals surface area contributed by atoms with Gasteiger partial charge in [0.05, 0.1) is 13.2 Å². The summed E-state index contributed by atoms with van der Waals surface area (Å²) in [7, 11) is 0. The van der Waals surface area contributed by atoms with Crippen molar-refractivity contribution in [2.24, 2.45) is 0 Å². The highest BCUT2D eigenvalue weighted by molar-refractivity contribution is 6.33. The number of carbonyl (C=O) groups is 1. The molecule has 1 fully saturated rings. The number of hydrogen-bond acceptors (Lipinski definition) is 4. The lowest BCUT2D eigenvalue weighted by atomic mass is 10.2. The van der Waals surface area contributed by atoms with E-state index in [1.165, 1.54) is 12.1 Å². The molecule has 5 nitrogen and oxygen atoms in total. The van der Waals surface area contributed by atoms with E-state index in [0.717, 1.165) is 0 Å². The molecule has 7 heteroatoms. The Kier molecular flexibility index (Phi) is 4.17. The summed E-state index contributed by atoms with van der Waals surface area (Å²) in [6, 6.07) is 2.95. The average Bonchev–Trinajstić information content (AvgIpc) is 2.29. The van der Waals surface area contributed by atoms with Crippen LogP contribution in [0.1, 0.15) is 10.4 Å². The van der Waals surface area contributed by atoms with E-state index in [4.69, 9.17) is 27.9 Å². The van der Waals surface area contributed by atoms with Gasteiger partial charge in [-0.1, -0.05) is 23.2 Å². The van der Waals surface area contributed by atoms with Crippen molar-refractivity contribution in [1.82, 2.24) is 15.4 Å². The van der Waals surface area contributed by atoms with Gasteiger partial charge in [-0.15, -0.1) is 0 Å². The van der Waals surface area contributed by atoms with Crippen LogP contribution in [-0.4, -0.2) is 42.2 Å². The van der Waals surface area contributed by atoms with E-state index in [-0.39, 0.29) is 16.2 Å². The number of aromatic nitrogens is 1. The molecule has 1 aliphatic rings. The van der Waals surface area contributed by atoms with Crippen molar-refractivity contribution in [2.45, 2.75) is 0 Å². The normalized spacial score (nSPS) is 16.8. The molecular weight excluding hydrogens is 265 g/mol. The molecule has 17 heavy (non-hydrogen) atoms. The first-order valence-electron chi connectivity index (χ1n) is 5.12. The van der Waals surface area contributed by atoms with Gasteiger partial charge in [-0.05, 0) is 12.1 Å². The summed E-state index contributed by atoms with van der Waals surface area (Å²) in [5.74, 6) is -0.252. The van der Waals surface area contributed by atoms with Crippen molar-refractivity contribution >= 4 is 29.1 Å². The lowest BCUT2D eigenvalue weighted by molar-refractivity contribution is 0.0126. The molecule has 1 aromatic heterocycles. The summed E-state index contributed by atoms with van der Waals surface area (Å²) in [5.41, 5.74) is 3.15. The Balaban J connectivity index is 2.03. The molecule has 2 rings (SSSR count). The zero-order valence-electron chi connectivity index (χ0n) is 8.95. The maximum Gasteiger partial charge on any atom is 0.265 e. The average molecular weight is 276 g/mol. The van der Waals surface area contributed by atoms with Gasteiger partial charge in [0.2, 0.25) is 0 Å². The van der Waals surface area contributed by atoms with Crippen molar-refractivity contribution in [3.05, 3.63) is 28.0 Å². The number of ether oxygens (including phenoxy) is 1. The van der Waals surface area contributed by atoms with E-state index in [9.17, 15) is 4.79 Å². The summed E-state index contributed by atoms with van der Waals surface area (Å²) in [6.45, 7) is 2.55. The van der Waals surface area contributed by atoms with Gasteiger partial charge in [0.25, 0.3) is 5.91 Å². The standard InChI is InChI=1S/C10H11Cl2N3O2/c11-8-5-7(6-9(12)13-8)10(16)14-15-1-3-17-4-2-15/h5-6H,1-4H2,(H,14,16). The van der Waals surface area contributed by atoms with Crippen LogP contribution in [0.2, 0.25) is 10.3 Å². The molecule has 0 aliphatic carbocycles. The molecule has 1 aliphatic heterocycles. The SMILES string of the molecule is O=C(NN1CCOCC1)c1cc(Cl)nc(Cl)c1. The van der Waals surface area contributed by atoms with E-state index < -0.39 is 0 Å². The van der Waals surface area contributed by atoms with Gasteiger partial charge in [0, 0.05) is 18.7 Å². The number of morpholine rings is 1. The topological polar surface area (TPSA) is 54.5 Å². The quantitative estimate of drug-likeness (QED) is 0.829. The molecule has 0 bridgehead atoms. The summed E-state index contributed by atoms with van der Waals surface area (Å²) in [4.78, 5) is 15.7. The highest BCUT2D eigenvalue weighted by Crippen LogP contribution is 2.14. The third-order valence-corrected chi connectivity index (χ3v) is 2.68. The molecule has 1 amide bonds. The van der Waals surface area contributed by atoms with Crippen LogP contribution in [-0.2, 0) is 4.74 Å². The molecule has 1 saturated heterocycles. The number of rotatable bonds is 2. The first-order chi connectivity index (χ1) is 8.15.